The summed E-state index contributed by atoms with van der Waals surface area (Å²) < 4.78 is 2.34. The van der Waals surface area contributed by atoms with Gasteiger partial charge in [0.1, 0.15) is 0 Å². The van der Waals surface area contributed by atoms with Crippen LogP contribution in [0.15, 0.2) is 21.2 Å². The Kier molecular flexibility index (Phi) is 2.30. The van der Waals surface area contributed by atoms with Gasteiger partial charge in [-0.1, -0.05) is 0 Å². The van der Waals surface area contributed by atoms with Gasteiger partial charge in [-0.15, -0.1) is 0 Å². The summed E-state index contributed by atoms with van der Waals surface area (Å²) in [5, 5.41) is 0. The van der Waals surface area contributed by atoms with Crippen molar-refractivity contribution in [2.75, 3.05) is 0 Å². The fourth-order valence-electron chi connectivity index (χ4n) is 0.219. The first kappa shape index (κ1) is 4.88. The minimum absolute atomic E-state index is 0.367. The van der Waals surface area contributed by atoms with E-state index in [2.05, 4.69) is 21.2 Å². The van der Waals surface area contributed by atoms with Crippen LogP contribution in [-0.4, -0.2) is 11.7 Å². The Hall–Kier alpha value is 0.729. The molecule has 0 aromatic heterocycles. The molecule has 0 unspecified atom stereocenters. The van der Waals surface area contributed by atoms with Crippen LogP contribution in [0, 0.1) is 0 Å². The number of hydrogen-bond donors (Lipinski definition) is 0. The summed E-state index contributed by atoms with van der Waals surface area (Å²) >= 11 is 1.28. The molecule has 0 spiro atoms. The van der Waals surface area contributed by atoms with E-state index in [1.54, 1.807) is 0 Å². The van der Waals surface area contributed by atoms with Gasteiger partial charge in [-0.2, -0.15) is 0 Å². The summed E-state index contributed by atoms with van der Waals surface area (Å²) in [6.07, 6.45) is 4.31. The Bertz CT molecular complexity index is 73.5. The molecule has 0 aromatic rings. The molecule has 34 valence electrons. The maximum absolute atomic E-state index is 2.34. The Morgan fingerprint density at radius 2 is 2.33 bits per heavy atom. The zero-order chi connectivity index (χ0) is 4.24. The van der Waals surface area contributed by atoms with Gasteiger partial charge in [0.2, 0.25) is 0 Å². The van der Waals surface area contributed by atoms with Crippen LogP contribution in [0.5, 0.6) is 0 Å². The standard InChI is InChI=1S/C4H5ISe/c1-2-4-6-5-3-1/h1-5H. The SMILES string of the molecule is C1=C[Se][IH]C=C1. The van der Waals surface area contributed by atoms with Gasteiger partial charge in [0.15, 0.2) is 0 Å². The average Bonchev–Trinajstić information content (AvgIpc) is 1.72. The van der Waals surface area contributed by atoms with Gasteiger partial charge in [0.25, 0.3) is 0 Å². The third-order valence-corrected chi connectivity index (χ3v) is 6.86. The molecule has 0 fully saturated rings. The Morgan fingerprint density at radius 3 is 2.50 bits per heavy atom. The van der Waals surface area contributed by atoms with Crippen LogP contribution in [0.1, 0.15) is 0 Å². The second kappa shape index (κ2) is 2.83. The first-order chi connectivity index (χ1) is 3.00. The van der Waals surface area contributed by atoms with Crippen LogP contribution < -0.4 is 0 Å². The average molecular weight is 259 g/mol. The Labute approximate surface area is 51.7 Å². The number of hydrogen-bond acceptors (Lipinski definition) is 0. The monoisotopic (exact) mass is 260 g/mol. The number of allylic oxidation sites excluding steroid dienone is 2. The van der Waals surface area contributed by atoms with Crippen LogP contribution in [0.3, 0.4) is 0 Å². The fourth-order valence-corrected chi connectivity index (χ4v) is 5.01. The van der Waals surface area contributed by atoms with Crippen molar-refractivity contribution in [3.8, 4) is 0 Å². The zero-order valence-electron chi connectivity index (χ0n) is 3.13. The van der Waals surface area contributed by atoms with Crippen LogP contribution in [0.2, 0.25) is 0 Å². The molecule has 0 bridgehead atoms. The summed E-state index contributed by atoms with van der Waals surface area (Å²) in [5.74, 6) is 0. The number of halogens is 1. The molecule has 1 aliphatic heterocycles. The molecule has 0 nitrogen and oxygen atoms in total. The van der Waals surface area contributed by atoms with Crippen molar-refractivity contribution in [2.24, 2.45) is 0 Å². The van der Waals surface area contributed by atoms with Crippen molar-refractivity contribution >= 4 is 30.7 Å². The first-order valence-electron chi connectivity index (χ1n) is 1.64. The van der Waals surface area contributed by atoms with Gasteiger partial charge in [0.05, 0.1) is 0 Å². The van der Waals surface area contributed by atoms with E-state index in [0.717, 1.165) is 11.7 Å². The van der Waals surface area contributed by atoms with E-state index in [0.29, 0.717) is 19.0 Å². The number of rotatable bonds is 0. The van der Waals surface area contributed by atoms with E-state index in [9.17, 15) is 0 Å². The molecule has 0 saturated heterocycles. The third kappa shape index (κ3) is 1.45. The van der Waals surface area contributed by atoms with Crippen molar-refractivity contribution in [3.05, 3.63) is 21.2 Å². The van der Waals surface area contributed by atoms with E-state index in [1.165, 1.54) is 0 Å². The van der Waals surface area contributed by atoms with Crippen LogP contribution in [0.25, 0.3) is 0 Å². The molecular weight excluding hydrogens is 254 g/mol. The first-order valence-corrected chi connectivity index (χ1v) is 9.62. The molecule has 0 aromatic carbocycles. The molecule has 1 rings (SSSR count). The molecule has 6 heavy (non-hydrogen) atoms. The summed E-state index contributed by atoms with van der Waals surface area (Å²) in [6, 6.07) is 0. The predicted molar refractivity (Wildman–Crippen MR) is 39.4 cm³/mol. The summed E-state index contributed by atoms with van der Waals surface area (Å²) in [7, 11) is 0. The van der Waals surface area contributed by atoms with Crippen LogP contribution >= 0.6 is 19.0 Å². The molecular formula is C4H5ISe. The summed E-state index contributed by atoms with van der Waals surface area (Å²) in [6.45, 7) is 0. The van der Waals surface area contributed by atoms with Gasteiger partial charge in [-0.25, -0.2) is 0 Å². The predicted octanol–water partition coefficient (Wildman–Crippen LogP) is 1.35. The topological polar surface area (TPSA) is 0 Å². The van der Waals surface area contributed by atoms with Gasteiger partial charge >= 0.3 is 51.9 Å². The van der Waals surface area contributed by atoms with Crippen molar-refractivity contribution in [2.45, 2.75) is 0 Å². The molecule has 0 saturated carbocycles. The molecule has 1 aliphatic rings. The maximum atomic E-state index is 2.34. The zero-order valence-corrected chi connectivity index (χ0v) is 7.17. The fraction of sp³-hybridized carbons (Fsp3) is 0. The second-order valence-electron chi connectivity index (χ2n) is 0.850. The molecule has 0 N–H and O–H groups in total. The quantitative estimate of drug-likeness (QED) is 0.455. The van der Waals surface area contributed by atoms with Crippen molar-refractivity contribution in [1.82, 2.24) is 0 Å². The van der Waals surface area contributed by atoms with Gasteiger partial charge < -0.3 is 0 Å². The molecule has 0 atom stereocenters. The molecule has 2 heteroatoms. The molecule has 0 amide bonds. The van der Waals surface area contributed by atoms with Gasteiger partial charge in [-0.3, -0.25) is 0 Å². The van der Waals surface area contributed by atoms with Crippen LogP contribution in [0.4, 0.5) is 0 Å². The summed E-state index contributed by atoms with van der Waals surface area (Å²) in [4.78, 5) is 2.30. The normalized spacial score (nSPS) is 20.0. The van der Waals surface area contributed by atoms with Gasteiger partial charge in [-0.05, 0) is 0 Å². The minimum atomic E-state index is 0.367. The van der Waals surface area contributed by atoms with E-state index >= 15 is 0 Å². The molecule has 0 radical (unpaired) electrons. The van der Waals surface area contributed by atoms with Crippen molar-refractivity contribution < 1.29 is 0 Å². The molecule has 1 heterocycles. The summed E-state index contributed by atoms with van der Waals surface area (Å²) in [5.41, 5.74) is 0. The van der Waals surface area contributed by atoms with E-state index < -0.39 is 0 Å². The van der Waals surface area contributed by atoms with E-state index in [4.69, 9.17) is 0 Å². The van der Waals surface area contributed by atoms with Crippen LogP contribution in [-0.2, 0) is 0 Å². The van der Waals surface area contributed by atoms with Crippen molar-refractivity contribution in [3.63, 3.8) is 0 Å². The Morgan fingerprint density at radius 1 is 1.33 bits per heavy atom. The Balaban J connectivity index is 2.46. The molecule has 0 aliphatic carbocycles. The van der Waals surface area contributed by atoms with Gasteiger partial charge in [0, 0.05) is 0 Å². The second-order valence-corrected chi connectivity index (χ2v) is 8.71. The van der Waals surface area contributed by atoms with E-state index in [-0.39, 0.29) is 0 Å². The van der Waals surface area contributed by atoms with E-state index in [1.807, 2.05) is 0 Å². The third-order valence-electron chi connectivity index (χ3n) is 0.435. The van der Waals surface area contributed by atoms with Crippen molar-refractivity contribution in [1.29, 1.82) is 0 Å².